The van der Waals surface area contributed by atoms with Gasteiger partial charge in [0, 0.05) is 0 Å². The van der Waals surface area contributed by atoms with Gasteiger partial charge < -0.3 is 0 Å². The lowest BCUT2D eigenvalue weighted by Gasteiger charge is -2.23. The van der Waals surface area contributed by atoms with Gasteiger partial charge in [-0.3, -0.25) is 0 Å². The van der Waals surface area contributed by atoms with Crippen molar-refractivity contribution in [3.05, 3.63) is 48.1 Å². The molecule has 0 spiro atoms. The normalized spacial score (nSPS) is 26.9. The summed E-state index contributed by atoms with van der Waals surface area (Å²) in [4.78, 5) is 0. The van der Waals surface area contributed by atoms with Gasteiger partial charge in [-0.2, -0.15) is 0 Å². The Hall–Kier alpha value is -1.04. The van der Waals surface area contributed by atoms with Crippen molar-refractivity contribution >= 4 is 0 Å². The molecule has 1 saturated carbocycles. The molecule has 0 aromatic heterocycles. The van der Waals surface area contributed by atoms with Crippen molar-refractivity contribution < 1.29 is 0 Å². The molecule has 1 fully saturated rings. The molecule has 0 heterocycles. The lowest BCUT2D eigenvalue weighted by Crippen LogP contribution is -2.09. The van der Waals surface area contributed by atoms with Crippen LogP contribution in [0.25, 0.3) is 0 Å². The molecule has 0 atom stereocenters. The van der Waals surface area contributed by atoms with E-state index in [-0.39, 0.29) is 0 Å². The molecule has 1 aliphatic rings. The molecule has 0 aliphatic heterocycles. The summed E-state index contributed by atoms with van der Waals surface area (Å²) in [5, 5.41) is 0. The fraction of sp³-hybridized carbons (Fsp3) is 0.529. The average molecular weight is 230 g/mol. The number of hydrogen-bond donors (Lipinski definition) is 0. The van der Waals surface area contributed by atoms with Gasteiger partial charge in [-0.05, 0) is 44.1 Å². The van der Waals surface area contributed by atoms with Crippen LogP contribution in [0.5, 0.6) is 0 Å². The molecule has 17 heavy (non-hydrogen) atoms. The molecule has 0 radical (unpaired) electrons. The third-order valence-electron chi connectivity index (χ3n) is 3.51. The first-order valence-corrected chi connectivity index (χ1v) is 6.80. The van der Waals surface area contributed by atoms with E-state index in [0.717, 1.165) is 17.4 Å². The van der Waals surface area contributed by atoms with Crippen LogP contribution in [-0.2, 0) is 0 Å². The highest BCUT2D eigenvalue weighted by atomic mass is 14.2. The Kier molecular flexibility index (Phi) is 6.04. The van der Waals surface area contributed by atoms with Crippen LogP contribution in [0.4, 0.5) is 0 Å². The third kappa shape index (κ3) is 5.72. The van der Waals surface area contributed by atoms with Gasteiger partial charge in [0.15, 0.2) is 0 Å². The zero-order valence-corrected chi connectivity index (χ0v) is 11.6. The monoisotopic (exact) mass is 230 g/mol. The lowest BCUT2D eigenvalue weighted by atomic mass is 9.83. The van der Waals surface area contributed by atoms with E-state index in [2.05, 4.69) is 50.8 Å². The van der Waals surface area contributed by atoms with Crippen molar-refractivity contribution in [2.45, 2.75) is 46.5 Å². The average Bonchev–Trinajstić information content (AvgIpc) is 2.31. The molecule has 94 valence electrons. The zero-order chi connectivity index (χ0) is 12.7. The summed E-state index contributed by atoms with van der Waals surface area (Å²) in [5.74, 6) is 1.73. The fourth-order valence-corrected chi connectivity index (χ4v) is 2.21. The molecule has 1 rings (SSSR count). The summed E-state index contributed by atoms with van der Waals surface area (Å²) >= 11 is 0. The van der Waals surface area contributed by atoms with E-state index in [1.165, 1.54) is 31.3 Å². The summed E-state index contributed by atoms with van der Waals surface area (Å²) < 4.78 is 0. The van der Waals surface area contributed by atoms with E-state index < -0.39 is 0 Å². The van der Waals surface area contributed by atoms with E-state index in [4.69, 9.17) is 0 Å². The highest BCUT2D eigenvalue weighted by molar-refractivity contribution is 5.33. The maximum Gasteiger partial charge on any atom is -0.0230 e. The Morgan fingerprint density at radius 2 is 1.71 bits per heavy atom. The Bertz CT molecular complexity index is 320. The first-order chi connectivity index (χ1) is 8.11. The third-order valence-corrected chi connectivity index (χ3v) is 3.51. The molecular formula is C17H26. The van der Waals surface area contributed by atoms with Gasteiger partial charge in [0.2, 0.25) is 0 Å². The van der Waals surface area contributed by atoms with Crippen LogP contribution in [0.15, 0.2) is 48.1 Å². The SMILES string of the molecule is C=C(C)/C=C\C(C=CC1CCC(C)CC1)=C/C. The Morgan fingerprint density at radius 3 is 2.24 bits per heavy atom. The topological polar surface area (TPSA) is 0 Å². The molecule has 0 heteroatoms. The van der Waals surface area contributed by atoms with Crippen molar-refractivity contribution in [3.63, 3.8) is 0 Å². The van der Waals surface area contributed by atoms with Crippen LogP contribution in [0.2, 0.25) is 0 Å². The fourth-order valence-electron chi connectivity index (χ4n) is 2.21. The second-order valence-electron chi connectivity index (χ2n) is 5.35. The smallest absolute Gasteiger partial charge is 0.0230 e. The standard InChI is InChI=1S/C17H26/c1-5-16(9-6-14(2)3)12-13-17-10-7-15(4)8-11-17/h5-6,9,12-13,15,17H,2,7-8,10-11H2,1,3-4H3/b9-6-,13-12?,16-5+. The maximum atomic E-state index is 3.88. The van der Waals surface area contributed by atoms with Gasteiger partial charge in [0.1, 0.15) is 0 Å². The second-order valence-corrected chi connectivity index (χ2v) is 5.35. The highest BCUT2D eigenvalue weighted by Gasteiger charge is 2.15. The minimum absolute atomic E-state index is 0.791. The molecule has 0 bridgehead atoms. The molecule has 1 aliphatic carbocycles. The molecule has 0 saturated heterocycles. The largest absolute Gasteiger partial charge is 0.0961 e. The first-order valence-electron chi connectivity index (χ1n) is 6.80. The quantitative estimate of drug-likeness (QED) is 0.563. The Labute approximate surface area is 107 Å². The van der Waals surface area contributed by atoms with Gasteiger partial charge in [0.05, 0.1) is 0 Å². The molecule has 0 aromatic rings. The number of rotatable bonds is 4. The van der Waals surface area contributed by atoms with Gasteiger partial charge >= 0.3 is 0 Å². The molecular weight excluding hydrogens is 204 g/mol. The van der Waals surface area contributed by atoms with E-state index in [1.807, 2.05) is 6.92 Å². The lowest BCUT2D eigenvalue weighted by molar-refractivity contribution is 0.330. The zero-order valence-electron chi connectivity index (χ0n) is 11.6. The summed E-state index contributed by atoms with van der Waals surface area (Å²) in [6, 6.07) is 0. The van der Waals surface area contributed by atoms with Crippen LogP contribution in [-0.4, -0.2) is 0 Å². The van der Waals surface area contributed by atoms with E-state index in [9.17, 15) is 0 Å². The molecule has 0 amide bonds. The van der Waals surface area contributed by atoms with Crippen LogP contribution in [0.1, 0.15) is 46.5 Å². The molecule has 0 unspecified atom stereocenters. The summed E-state index contributed by atoms with van der Waals surface area (Å²) in [5.41, 5.74) is 2.39. The number of hydrogen-bond acceptors (Lipinski definition) is 0. The van der Waals surface area contributed by atoms with Crippen molar-refractivity contribution in [1.82, 2.24) is 0 Å². The summed E-state index contributed by atoms with van der Waals surface area (Å²) in [6.45, 7) is 10.4. The van der Waals surface area contributed by atoms with Crippen LogP contribution >= 0.6 is 0 Å². The van der Waals surface area contributed by atoms with Crippen molar-refractivity contribution in [3.8, 4) is 0 Å². The van der Waals surface area contributed by atoms with Gasteiger partial charge in [0.25, 0.3) is 0 Å². The Morgan fingerprint density at radius 1 is 1.06 bits per heavy atom. The minimum Gasteiger partial charge on any atom is -0.0961 e. The van der Waals surface area contributed by atoms with Crippen molar-refractivity contribution in [2.75, 3.05) is 0 Å². The van der Waals surface area contributed by atoms with Crippen molar-refractivity contribution in [2.24, 2.45) is 11.8 Å². The van der Waals surface area contributed by atoms with Crippen LogP contribution in [0, 0.1) is 11.8 Å². The Balaban J connectivity index is 2.48. The molecule has 0 aromatic carbocycles. The summed E-state index contributed by atoms with van der Waals surface area (Å²) in [6.07, 6.45) is 16.5. The maximum absolute atomic E-state index is 3.88. The van der Waals surface area contributed by atoms with Gasteiger partial charge in [-0.1, -0.05) is 62.3 Å². The van der Waals surface area contributed by atoms with Crippen molar-refractivity contribution in [1.29, 1.82) is 0 Å². The van der Waals surface area contributed by atoms with Gasteiger partial charge in [-0.15, -0.1) is 0 Å². The number of allylic oxidation sites excluding steroid dienone is 7. The van der Waals surface area contributed by atoms with Gasteiger partial charge in [-0.25, -0.2) is 0 Å². The second kappa shape index (κ2) is 7.32. The summed E-state index contributed by atoms with van der Waals surface area (Å²) in [7, 11) is 0. The first kappa shape index (κ1) is 14.0. The van der Waals surface area contributed by atoms with E-state index >= 15 is 0 Å². The van der Waals surface area contributed by atoms with Crippen LogP contribution in [0.3, 0.4) is 0 Å². The predicted octanol–water partition coefficient (Wildman–Crippen LogP) is 5.45. The van der Waals surface area contributed by atoms with Crippen LogP contribution < -0.4 is 0 Å². The predicted molar refractivity (Wildman–Crippen MR) is 78.0 cm³/mol. The van der Waals surface area contributed by atoms with E-state index in [0.29, 0.717) is 0 Å². The highest BCUT2D eigenvalue weighted by Crippen LogP contribution is 2.29. The van der Waals surface area contributed by atoms with E-state index in [1.54, 1.807) is 0 Å². The minimum atomic E-state index is 0.791. The molecule has 0 nitrogen and oxygen atoms in total. The molecule has 0 N–H and O–H groups in total.